The summed E-state index contributed by atoms with van der Waals surface area (Å²) in [6, 6.07) is 6.15. The number of nitrogens with zero attached hydrogens (tertiary/aromatic N) is 1. The molecule has 1 rings (SSSR count). The maximum Gasteiger partial charge on any atom is 0.222 e. The molecule has 0 fully saturated rings. The van der Waals surface area contributed by atoms with Crippen LogP contribution in [0.5, 0.6) is 0 Å². The van der Waals surface area contributed by atoms with Crippen LogP contribution in [0.25, 0.3) is 0 Å². The summed E-state index contributed by atoms with van der Waals surface area (Å²) in [6.45, 7) is 8.34. The van der Waals surface area contributed by atoms with Crippen molar-refractivity contribution < 1.29 is 4.79 Å². The number of nitrogens with two attached hydrogens (primary N) is 1. The number of benzene rings is 1. The summed E-state index contributed by atoms with van der Waals surface area (Å²) in [5.74, 6) is 0.313. The Morgan fingerprint density at radius 2 is 2.00 bits per heavy atom. The SMILES string of the molecule is Cc1ccc(NC(N)=NCCC(=O)NC(C)C)cc1C. The van der Waals surface area contributed by atoms with Crippen LogP contribution in [0.3, 0.4) is 0 Å². The molecule has 0 spiro atoms. The van der Waals surface area contributed by atoms with Crippen molar-refractivity contribution in [3.63, 3.8) is 0 Å². The first-order valence-corrected chi connectivity index (χ1v) is 6.82. The van der Waals surface area contributed by atoms with E-state index >= 15 is 0 Å². The van der Waals surface area contributed by atoms with Crippen LogP contribution in [0.15, 0.2) is 23.2 Å². The van der Waals surface area contributed by atoms with Crippen molar-refractivity contribution in [1.29, 1.82) is 0 Å². The molecule has 0 bridgehead atoms. The third kappa shape index (κ3) is 5.73. The van der Waals surface area contributed by atoms with E-state index in [-0.39, 0.29) is 11.9 Å². The number of amides is 1. The Labute approximate surface area is 120 Å². The highest BCUT2D eigenvalue weighted by Gasteiger charge is 2.02. The predicted molar refractivity (Wildman–Crippen MR) is 83.9 cm³/mol. The molecule has 0 atom stereocenters. The number of rotatable bonds is 5. The van der Waals surface area contributed by atoms with E-state index in [1.54, 1.807) is 0 Å². The van der Waals surface area contributed by atoms with E-state index in [2.05, 4.69) is 22.5 Å². The summed E-state index contributed by atoms with van der Waals surface area (Å²) < 4.78 is 0. The zero-order valence-corrected chi connectivity index (χ0v) is 12.7. The molecule has 0 saturated carbocycles. The highest BCUT2D eigenvalue weighted by Crippen LogP contribution is 2.13. The summed E-state index contributed by atoms with van der Waals surface area (Å²) in [4.78, 5) is 15.6. The van der Waals surface area contributed by atoms with Gasteiger partial charge in [-0.05, 0) is 51.0 Å². The van der Waals surface area contributed by atoms with Gasteiger partial charge < -0.3 is 16.4 Å². The molecule has 1 aromatic carbocycles. The lowest BCUT2D eigenvalue weighted by Crippen LogP contribution is -2.30. The van der Waals surface area contributed by atoms with Crippen molar-refractivity contribution in [2.24, 2.45) is 10.7 Å². The summed E-state index contributed by atoms with van der Waals surface area (Å²) in [6.07, 6.45) is 0.341. The summed E-state index contributed by atoms with van der Waals surface area (Å²) in [5, 5.41) is 5.83. The minimum Gasteiger partial charge on any atom is -0.370 e. The number of nitrogens with one attached hydrogen (secondary N) is 2. The highest BCUT2D eigenvalue weighted by atomic mass is 16.1. The van der Waals surface area contributed by atoms with Crippen LogP contribution in [0, 0.1) is 13.8 Å². The fourth-order valence-electron chi connectivity index (χ4n) is 1.68. The largest absolute Gasteiger partial charge is 0.370 e. The molecule has 1 amide bonds. The van der Waals surface area contributed by atoms with Crippen LogP contribution in [0.2, 0.25) is 0 Å². The molecule has 4 N–H and O–H groups in total. The van der Waals surface area contributed by atoms with Crippen molar-refractivity contribution in [3.8, 4) is 0 Å². The van der Waals surface area contributed by atoms with Gasteiger partial charge in [-0.25, -0.2) is 0 Å². The first kappa shape index (κ1) is 16.0. The van der Waals surface area contributed by atoms with E-state index in [1.807, 2.05) is 39.0 Å². The first-order chi connectivity index (χ1) is 9.38. The van der Waals surface area contributed by atoms with E-state index < -0.39 is 0 Å². The minimum absolute atomic E-state index is 0.0114. The van der Waals surface area contributed by atoms with E-state index in [0.29, 0.717) is 18.9 Å². The van der Waals surface area contributed by atoms with Gasteiger partial charge in [0, 0.05) is 18.2 Å². The molecule has 5 heteroatoms. The Balaban J connectivity index is 2.45. The normalized spacial score (nSPS) is 11.6. The van der Waals surface area contributed by atoms with Gasteiger partial charge in [0.05, 0.1) is 6.54 Å². The second-order valence-electron chi connectivity index (χ2n) is 5.16. The number of anilines is 1. The Bertz CT molecular complexity index is 495. The van der Waals surface area contributed by atoms with Gasteiger partial charge in [0.1, 0.15) is 0 Å². The Morgan fingerprint density at radius 3 is 2.60 bits per heavy atom. The van der Waals surface area contributed by atoms with Gasteiger partial charge in [-0.3, -0.25) is 9.79 Å². The minimum atomic E-state index is -0.0114. The summed E-state index contributed by atoms with van der Waals surface area (Å²) in [5.41, 5.74) is 9.12. The fraction of sp³-hybridized carbons (Fsp3) is 0.467. The summed E-state index contributed by atoms with van der Waals surface area (Å²) >= 11 is 0. The van der Waals surface area contributed by atoms with Gasteiger partial charge in [0.2, 0.25) is 5.91 Å². The maximum absolute atomic E-state index is 11.4. The van der Waals surface area contributed by atoms with Crippen LogP contribution < -0.4 is 16.4 Å². The second-order valence-corrected chi connectivity index (χ2v) is 5.16. The molecular formula is C15H24N4O. The molecule has 0 aliphatic heterocycles. The van der Waals surface area contributed by atoms with E-state index in [1.165, 1.54) is 11.1 Å². The van der Waals surface area contributed by atoms with Crippen LogP contribution in [-0.4, -0.2) is 24.5 Å². The molecule has 20 heavy (non-hydrogen) atoms. The third-order valence-electron chi connectivity index (χ3n) is 2.85. The topological polar surface area (TPSA) is 79.5 Å². The van der Waals surface area contributed by atoms with Crippen molar-refractivity contribution in [3.05, 3.63) is 29.3 Å². The molecule has 0 saturated heterocycles. The van der Waals surface area contributed by atoms with Gasteiger partial charge in [0.25, 0.3) is 0 Å². The van der Waals surface area contributed by atoms with Crippen LogP contribution >= 0.6 is 0 Å². The zero-order valence-electron chi connectivity index (χ0n) is 12.7. The average Bonchev–Trinajstić information content (AvgIpc) is 2.33. The lowest BCUT2D eigenvalue weighted by Gasteiger charge is -2.09. The number of hydrogen-bond donors (Lipinski definition) is 3. The molecule has 0 radical (unpaired) electrons. The zero-order chi connectivity index (χ0) is 15.1. The fourth-order valence-corrected chi connectivity index (χ4v) is 1.68. The van der Waals surface area contributed by atoms with Gasteiger partial charge in [0.15, 0.2) is 5.96 Å². The van der Waals surface area contributed by atoms with Crippen LogP contribution in [0.1, 0.15) is 31.4 Å². The number of aliphatic imine (C=N–C) groups is 1. The highest BCUT2D eigenvalue weighted by molar-refractivity contribution is 5.92. The number of carbonyl (C=O) groups excluding carboxylic acids is 1. The van der Waals surface area contributed by atoms with Gasteiger partial charge in [-0.15, -0.1) is 0 Å². The lowest BCUT2D eigenvalue weighted by atomic mass is 10.1. The van der Waals surface area contributed by atoms with Crippen molar-refractivity contribution in [2.45, 2.75) is 40.2 Å². The van der Waals surface area contributed by atoms with Gasteiger partial charge in [-0.2, -0.15) is 0 Å². The predicted octanol–water partition coefficient (Wildman–Crippen LogP) is 1.94. The number of guanidine groups is 1. The Morgan fingerprint density at radius 1 is 1.30 bits per heavy atom. The van der Waals surface area contributed by atoms with Crippen LogP contribution in [-0.2, 0) is 4.79 Å². The van der Waals surface area contributed by atoms with Crippen LogP contribution in [0.4, 0.5) is 5.69 Å². The number of aryl methyl sites for hydroxylation is 2. The standard InChI is InChI=1S/C15H24N4O/c1-10(2)18-14(20)7-8-17-15(16)19-13-6-5-11(3)12(4)9-13/h5-6,9-10H,7-8H2,1-4H3,(H,18,20)(H3,16,17,19). The van der Waals surface area contributed by atoms with Crippen molar-refractivity contribution >= 4 is 17.6 Å². The summed E-state index contributed by atoms with van der Waals surface area (Å²) in [7, 11) is 0. The molecule has 1 aromatic rings. The molecule has 5 nitrogen and oxygen atoms in total. The third-order valence-corrected chi connectivity index (χ3v) is 2.85. The monoisotopic (exact) mass is 276 g/mol. The second kappa shape index (κ2) is 7.53. The van der Waals surface area contributed by atoms with Gasteiger partial charge >= 0.3 is 0 Å². The van der Waals surface area contributed by atoms with Crippen molar-refractivity contribution in [1.82, 2.24) is 5.32 Å². The number of carbonyl (C=O) groups is 1. The molecular weight excluding hydrogens is 252 g/mol. The molecule has 0 aliphatic carbocycles. The smallest absolute Gasteiger partial charge is 0.222 e. The maximum atomic E-state index is 11.4. The average molecular weight is 276 g/mol. The number of hydrogen-bond acceptors (Lipinski definition) is 2. The lowest BCUT2D eigenvalue weighted by molar-refractivity contribution is -0.121. The molecule has 0 unspecified atom stereocenters. The molecule has 0 aliphatic rings. The molecule has 110 valence electrons. The quantitative estimate of drug-likeness (QED) is 0.568. The first-order valence-electron chi connectivity index (χ1n) is 6.82. The van der Waals surface area contributed by atoms with Gasteiger partial charge in [-0.1, -0.05) is 6.07 Å². The van der Waals surface area contributed by atoms with E-state index in [0.717, 1.165) is 5.69 Å². The molecule has 0 heterocycles. The Kier molecular flexibility index (Phi) is 6.03. The Hall–Kier alpha value is -2.04. The van der Waals surface area contributed by atoms with E-state index in [9.17, 15) is 4.79 Å². The van der Waals surface area contributed by atoms with Crippen molar-refractivity contribution in [2.75, 3.05) is 11.9 Å². The molecule has 0 aromatic heterocycles. The van der Waals surface area contributed by atoms with E-state index in [4.69, 9.17) is 5.73 Å².